The second-order valence-electron chi connectivity index (χ2n) is 4.42. The Morgan fingerprint density at radius 3 is 2.73 bits per heavy atom. The molecule has 0 bridgehead atoms. The van der Waals surface area contributed by atoms with Crippen molar-refractivity contribution < 1.29 is 19.1 Å². The SMILES string of the molecule is O=C(O)CCCNC(=O)c1coc(-c2ccc(Cl)c(Cl)c2)n1. The summed E-state index contributed by atoms with van der Waals surface area (Å²) in [6.07, 6.45) is 1.57. The molecule has 1 aromatic heterocycles. The van der Waals surface area contributed by atoms with Gasteiger partial charge in [-0.15, -0.1) is 0 Å². The van der Waals surface area contributed by atoms with Gasteiger partial charge in [0.1, 0.15) is 6.26 Å². The standard InChI is InChI=1S/C14H12Cl2N2O4/c15-9-4-3-8(6-10(9)16)14-18-11(7-22-14)13(21)17-5-1-2-12(19)20/h3-4,6-7H,1-2,5H2,(H,17,21)(H,19,20). The number of carboxylic acids is 1. The van der Waals surface area contributed by atoms with Crippen molar-refractivity contribution in [3.05, 3.63) is 40.2 Å². The topological polar surface area (TPSA) is 92.4 Å². The van der Waals surface area contributed by atoms with Crippen LogP contribution in [0.3, 0.4) is 0 Å². The highest BCUT2D eigenvalue weighted by molar-refractivity contribution is 6.42. The number of nitrogens with one attached hydrogen (secondary N) is 1. The molecule has 0 aliphatic rings. The monoisotopic (exact) mass is 342 g/mol. The molecule has 2 aromatic rings. The van der Waals surface area contributed by atoms with Crippen molar-refractivity contribution in [2.24, 2.45) is 0 Å². The van der Waals surface area contributed by atoms with Crippen LogP contribution >= 0.6 is 23.2 Å². The summed E-state index contributed by atoms with van der Waals surface area (Å²) in [5.74, 6) is -1.09. The van der Waals surface area contributed by atoms with E-state index in [9.17, 15) is 9.59 Å². The summed E-state index contributed by atoms with van der Waals surface area (Å²) in [5, 5.41) is 11.8. The van der Waals surface area contributed by atoms with E-state index in [1.807, 2.05) is 0 Å². The fraction of sp³-hybridized carbons (Fsp3) is 0.214. The van der Waals surface area contributed by atoms with Crippen LogP contribution in [-0.2, 0) is 4.79 Å². The van der Waals surface area contributed by atoms with Gasteiger partial charge in [-0.2, -0.15) is 0 Å². The number of rotatable bonds is 6. The summed E-state index contributed by atoms with van der Waals surface area (Å²) < 4.78 is 5.24. The highest BCUT2D eigenvalue weighted by atomic mass is 35.5. The molecule has 2 N–H and O–H groups in total. The molecule has 0 spiro atoms. The van der Waals surface area contributed by atoms with Crippen LogP contribution in [0.15, 0.2) is 28.9 Å². The van der Waals surface area contributed by atoms with Crippen LogP contribution in [0.5, 0.6) is 0 Å². The first-order chi connectivity index (χ1) is 10.5. The van der Waals surface area contributed by atoms with E-state index >= 15 is 0 Å². The number of carbonyl (C=O) groups is 2. The third-order valence-electron chi connectivity index (χ3n) is 2.76. The van der Waals surface area contributed by atoms with E-state index in [-0.39, 0.29) is 24.6 Å². The predicted molar refractivity (Wildman–Crippen MR) is 81.2 cm³/mol. The van der Waals surface area contributed by atoms with Gasteiger partial charge in [-0.1, -0.05) is 23.2 Å². The lowest BCUT2D eigenvalue weighted by Gasteiger charge is -2.00. The third kappa shape index (κ3) is 4.22. The van der Waals surface area contributed by atoms with Crippen molar-refractivity contribution in [1.29, 1.82) is 0 Å². The zero-order chi connectivity index (χ0) is 16.1. The van der Waals surface area contributed by atoms with E-state index < -0.39 is 11.9 Å². The van der Waals surface area contributed by atoms with Gasteiger partial charge in [-0.05, 0) is 24.6 Å². The second kappa shape index (κ2) is 7.29. The van der Waals surface area contributed by atoms with Gasteiger partial charge in [0.25, 0.3) is 5.91 Å². The number of aromatic nitrogens is 1. The Morgan fingerprint density at radius 1 is 1.27 bits per heavy atom. The molecule has 0 saturated heterocycles. The van der Waals surface area contributed by atoms with Gasteiger partial charge in [0, 0.05) is 18.5 Å². The smallest absolute Gasteiger partial charge is 0.303 e. The van der Waals surface area contributed by atoms with Gasteiger partial charge >= 0.3 is 5.97 Å². The molecule has 116 valence electrons. The normalized spacial score (nSPS) is 10.5. The molecule has 1 aromatic carbocycles. The van der Waals surface area contributed by atoms with Gasteiger partial charge < -0.3 is 14.8 Å². The number of hydrogen-bond donors (Lipinski definition) is 2. The average molecular weight is 343 g/mol. The van der Waals surface area contributed by atoms with E-state index in [1.54, 1.807) is 18.2 Å². The first kappa shape index (κ1) is 16.3. The summed E-state index contributed by atoms with van der Waals surface area (Å²) in [7, 11) is 0. The second-order valence-corrected chi connectivity index (χ2v) is 5.23. The molecule has 0 fully saturated rings. The fourth-order valence-electron chi connectivity index (χ4n) is 1.67. The van der Waals surface area contributed by atoms with Crippen molar-refractivity contribution in [1.82, 2.24) is 10.3 Å². The Morgan fingerprint density at radius 2 is 2.05 bits per heavy atom. The van der Waals surface area contributed by atoms with Crippen LogP contribution in [0, 0.1) is 0 Å². The van der Waals surface area contributed by atoms with E-state index in [2.05, 4.69) is 10.3 Å². The van der Waals surface area contributed by atoms with Gasteiger partial charge in [0.15, 0.2) is 5.69 Å². The Bertz CT molecular complexity index is 700. The average Bonchev–Trinajstić information content (AvgIpc) is 2.96. The molecule has 6 nitrogen and oxygen atoms in total. The molecular formula is C14H12Cl2N2O4. The maximum Gasteiger partial charge on any atom is 0.303 e. The van der Waals surface area contributed by atoms with Crippen LogP contribution in [0.1, 0.15) is 23.3 Å². The zero-order valence-electron chi connectivity index (χ0n) is 11.3. The molecule has 22 heavy (non-hydrogen) atoms. The Hall–Kier alpha value is -2.05. The number of benzene rings is 1. The molecule has 0 saturated carbocycles. The molecule has 0 aliphatic heterocycles. The van der Waals surface area contributed by atoms with Crippen LogP contribution in [-0.4, -0.2) is 28.5 Å². The van der Waals surface area contributed by atoms with Crippen molar-refractivity contribution >= 4 is 35.1 Å². The highest BCUT2D eigenvalue weighted by Crippen LogP contribution is 2.28. The van der Waals surface area contributed by atoms with Gasteiger partial charge in [-0.3, -0.25) is 9.59 Å². The fourth-order valence-corrected chi connectivity index (χ4v) is 1.97. The molecule has 1 amide bonds. The number of hydrogen-bond acceptors (Lipinski definition) is 4. The van der Waals surface area contributed by atoms with Crippen molar-refractivity contribution in [2.45, 2.75) is 12.8 Å². The Balaban J connectivity index is 1.99. The molecule has 0 unspecified atom stereocenters. The Labute approximate surface area is 136 Å². The number of amides is 1. The largest absolute Gasteiger partial charge is 0.481 e. The summed E-state index contributed by atoms with van der Waals surface area (Å²) in [5.41, 5.74) is 0.704. The number of oxazole rings is 1. The summed E-state index contributed by atoms with van der Waals surface area (Å²) in [6.45, 7) is 0.250. The maximum absolute atomic E-state index is 11.8. The van der Waals surface area contributed by atoms with Crippen molar-refractivity contribution in [2.75, 3.05) is 6.54 Å². The van der Waals surface area contributed by atoms with E-state index in [1.165, 1.54) is 6.26 Å². The lowest BCUT2D eigenvalue weighted by molar-refractivity contribution is -0.137. The van der Waals surface area contributed by atoms with Gasteiger partial charge in [0.2, 0.25) is 5.89 Å². The first-order valence-corrected chi connectivity index (χ1v) is 7.14. The van der Waals surface area contributed by atoms with E-state index in [0.29, 0.717) is 22.0 Å². The van der Waals surface area contributed by atoms with Crippen LogP contribution in [0.4, 0.5) is 0 Å². The number of aliphatic carboxylic acids is 1. The van der Waals surface area contributed by atoms with Crippen molar-refractivity contribution in [3.63, 3.8) is 0 Å². The van der Waals surface area contributed by atoms with E-state index in [0.717, 1.165) is 0 Å². The lowest BCUT2D eigenvalue weighted by atomic mass is 10.2. The zero-order valence-corrected chi connectivity index (χ0v) is 12.8. The summed E-state index contributed by atoms with van der Waals surface area (Å²) >= 11 is 11.7. The van der Waals surface area contributed by atoms with Gasteiger partial charge in [0.05, 0.1) is 10.0 Å². The molecule has 8 heteroatoms. The molecule has 2 rings (SSSR count). The lowest BCUT2D eigenvalue weighted by Crippen LogP contribution is -2.25. The molecule has 0 radical (unpaired) electrons. The minimum atomic E-state index is -0.905. The summed E-state index contributed by atoms with van der Waals surface area (Å²) in [6, 6.07) is 4.87. The molecular weight excluding hydrogens is 331 g/mol. The minimum Gasteiger partial charge on any atom is -0.481 e. The first-order valence-electron chi connectivity index (χ1n) is 6.38. The Kier molecular flexibility index (Phi) is 5.41. The summed E-state index contributed by atoms with van der Waals surface area (Å²) in [4.78, 5) is 26.3. The number of nitrogens with zero attached hydrogens (tertiary/aromatic N) is 1. The molecule has 1 heterocycles. The van der Waals surface area contributed by atoms with Crippen LogP contribution in [0.2, 0.25) is 10.0 Å². The van der Waals surface area contributed by atoms with Crippen molar-refractivity contribution in [3.8, 4) is 11.5 Å². The molecule has 0 atom stereocenters. The number of carbonyl (C=O) groups excluding carboxylic acids is 1. The predicted octanol–water partition coefficient (Wildman–Crippen LogP) is 3.24. The maximum atomic E-state index is 11.8. The third-order valence-corrected chi connectivity index (χ3v) is 3.50. The van der Waals surface area contributed by atoms with Crippen LogP contribution < -0.4 is 5.32 Å². The minimum absolute atomic E-state index is 0.00633. The number of halogens is 2. The molecule has 0 aliphatic carbocycles. The van der Waals surface area contributed by atoms with Crippen LogP contribution in [0.25, 0.3) is 11.5 Å². The van der Waals surface area contributed by atoms with Gasteiger partial charge in [-0.25, -0.2) is 4.98 Å². The van der Waals surface area contributed by atoms with E-state index in [4.69, 9.17) is 32.7 Å². The number of carboxylic acid groups (broad SMARTS) is 1. The highest BCUT2D eigenvalue weighted by Gasteiger charge is 2.14. The quantitative estimate of drug-likeness (QED) is 0.786.